The van der Waals surface area contributed by atoms with Gasteiger partial charge in [0.25, 0.3) is 0 Å². The van der Waals surface area contributed by atoms with E-state index in [2.05, 4.69) is 315 Å². The van der Waals surface area contributed by atoms with Crippen LogP contribution in [-0.2, 0) is 41.0 Å². The van der Waals surface area contributed by atoms with Crippen LogP contribution in [-0.4, -0.2) is 14.1 Å². The molecule has 0 N–H and O–H groups in total. The summed E-state index contributed by atoms with van der Waals surface area (Å²) in [5.74, 6) is 2.25. The molecule has 7 heteroatoms. The van der Waals surface area contributed by atoms with Crippen LogP contribution in [0.5, 0.6) is 11.5 Å². The van der Waals surface area contributed by atoms with E-state index in [1.165, 1.54) is 22.3 Å². The van der Waals surface area contributed by atoms with Crippen LogP contribution in [0, 0.1) is 3.80 Å². The number of hydrogen-bond acceptors (Lipinski definition) is 4. The van der Waals surface area contributed by atoms with Crippen molar-refractivity contribution < 1.29 is 24.1 Å². The van der Waals surface area contributed by atoms with Gasteiger partial charge in [-0.25, -0.2) is 0 Å². The molecule has 0 aliphatic carbocycles. The van der Waals surface area contributed by atoms with Crippen molar-refractivity contribution in [3.8, 4) is 45.1 Å². The van der Waals surface area contributed by atoms with Gasteiger partial charge >= 0.3 is 287 Å². The van der Waals surface area contributed by atoms with Crippen molar-refractivity contribution in [1.29, 1.82) is 0 Å². The summed E-state index contributed by atoms with van der Waals surface area (Å²) >= 11 is 2.51. The van der Waals surface area contributed by atoms with Crippen molar-refractivity contribution in [1.82, 2.24) is 14.1 Å². The number of rotatable bonds is 6. The number of para-hydroxylation sites is 5. The van der Waals surface area contributed by atoms with Gasteiger partial charge in [-0.2, -0.15) is 0 Å². The zero-order chi connectivity index (χ0) is 54.2. The summed E-state index contributed by atoms with van der Waals surface area (Å²) in [5.41, 5.74) is 18.8. The molecule has 11 rings (SSSR count). The van der Waals surface area contributed by atoms with Gasteiger partial charge in [-0.1, -0.05) is 102 Å². The van der Waals surface area contributed by atoms with Crippen molar-refractivity contribution in [2.45, 2.75) is 105 Å². The van der Waals surface area contributed by atoms with Crippen LogP contribution >= 0.6 is 0 Å². The molecule has 2 aromatic heterocycles. The number of hydrogen-bond donors (Lipinski definition) is 0. The van der Waals surface area contributed by atoms with E-state index >= 15 is 0 Å². The van der Waals surface area contributed by atoms with Crippen LogP contribution in [0.1, 0.15) is 105 Å². The minimum atomic E-state index is -0.123. The Hall–Kier alpha value is -7.53. The minimum absolute atomic E-state index is 0.0268. The van der Waals surface area contributed by atoms with Crippen molar-refractivity contribution in [2.24, 2.45) is 0 Å². The molecule has 0 radical (unpaired) electrons. The molecule has 77 heavy (non-hydrogen) atoms. The number of nitrogens with zero attached hydrogens (tertiary/aromatic N) is 5. The first kappa shape index (κ1) is 51.6. The fraction of sp³-hybridized carbons (Fsp3) is 0.229. The van der Waals surface area contributed by atoms with Gasteiger partial charge in [0.1, 0.15) is 0 Å². The second-order valence-electron chi connectivity index (χ2n) is 24.6. The van der Waals surface area contributed by atoms with Crippen LogP contribution < -0.4 is 14.5 Å². The summed E-state index contributed by atoms with van der Waals surface area (Å²) in [6.45, 7) is 27.4. The third kappa shape index (κ3) is 9.82. The van der Waals surface area contributed by atoms with E-state index < -0.39 is 0 Å². The monoisotopic (exact) mass is 1190 g/mol. The molecular weight excluding hydrogens is 1120 g/mol. The summed E-state index contributed by atoms with van der Waals surface area (Å²) < 4.78 is 13.0. The number of imidazole rings is 1. The van der Waals surface area contributed by atoms with E-state index in [0.29, 0.717) is 5.75 Å². The maximum atomic E-state index is 7.13. The Labute approximate surface area is 466 Å². The van der Waals surface area contributed by atoms with Crippen LogP contribution in [0.4, 0.5) is 34.3 Å². The zero-order valence-electron chi connectivity index (χ0n) is 46.5. The number of benzene rings is 8. The van der Waals surface area contributed by atoms with Gasteiger partial charge < -0.3 is 4.90 Å². The molecule has 8 aromatic carbocycles. The van der Waals surface area contributed by atoms with E-state index in [9.17, 15) is 0 Å². The summed E-state index contributed by atoms with van der Waals surface area (Å²) in [6.07, 6.45) is 1.95. The van der Waals surface area contributed by atoms with Gasteiger partial charge in [0.05, 0.1) is 5.69 Å². The molecule has 0 atom stereocenters. The summed E-state index contributed by atoms with van der Waals surface area (Å²) in [4.78, 5) is 10.0. The average Bonchev–Trinajstić information content (AvgIpc) is 3.75. The van der Waals surface area contributed by atoms with Gasteiger partial charge in [0.2, 0.25) is 0 Å². The van der Waals surface area contributed by atoms with E-state index in [1.807, 2.05) is 6.20 Å². The molecule has 0 unspecified atom stereocenters. The fourth-order valence-corrected chi connectivity index (χ4v) is 11.7. The summed E-state index contributed by atoms with van der Waals surface area (Å²) in [6, 6.07) is 70.7. The first-order valence-corrected chi connectivity index (χ1v) is 28.0. The molecule has 3 heterocycles. The van der Waals surface area contributed by atoms with Gasteiger partial charge in [0.15, 0.2) is 0 Å². The molecule has 0 saturated heterocycles. The molecule has 0 saturated carbocycles. The Kier molecular flexibility index (Phi) is 13.1. The zero-order valence-corrected chi connectivity index (χ0v) is 48.8. The predicted molar refractivity (Wildman–Crippen MR) is 319 cm³/mol. The molecule has 0 fully saturated rings. The second-order valence-corrected chi connectivity index (χ2v) is 25.6. The average molecular weight is 1190 g/mol. The molecule has 390 valence electrons. The van der Waals surface area contributed by atoms with Crippen molar-refractivity contribution in [3.63, 3.8) is 0 Å². The number of ether oxygens (including phenoxy) is 1. The van der Waals surface area contributed by atoms with Gasteiger partial charge in [-0.3, -0.25) is 0 Å². The van der Waals surface area contributed by atoms with Gasteiger partial charge in [-0.05, 0) is 52.3 Å². The van der Waals surface area contributed by atoms with Crippen molar-refractivity contribution >= 4 is 45.3 Å². The van der Waals surface area contributed by atoms with Crippen molar-refractivity contribution in [3.05, 3.63) is 226 Å². The Morgan fingerprint density at radius 1 is 0.351 bits per heavy atom. The third-order valence-corrected chi connectivity index (χ3v) is 16.0. The molecule has 0 bridgehead atoms. The number of pyridine rings is 1. The third-order valence-electron chi connectivity index (χ3n) is 15.0. The van der Waals surface area contributed by atoms with E-state index in [4.69, 9.17) is 9.72 Å². The minimum Gasteiger partial charge on any atom is -0.0615 e. The molecular formula is C70H69N5OPt. The molecule has 0 spiro atoms. The standard InChI is InChI=1S/C70H69N5O.Pt/c1-67(2,3)47-23-21-25-52(40-47)74-60-30-16-13-27-56(60)57-28-15-18-32-62(57)75(66-43-48(37-38-71-66)68(4,5)6)65-45-55(35-36-59(65)58-29-14-17-31-61(58)74)76-54-26-22-24-51(44-54)72-46-73(64-34-20-19-33-63(64)72)53-41-49(69(7,8)9)39-50(42-53)70(10,11)12;/h13-45H,1-12H3;. The first-order chi connectivity index (χ1) is 36.6. The predicted octanol–water partition coefficient (Wildman–Crippen LogP) is 19.5. The smallest absolute Gasteiger partial charge is 0.0615 e. The van der Waals surface area contributed by atoms with Crippen LogP contribution in [0.3, 0.4) is 0 Å². The SMILES string of the molecule is CC(C)(C)c1cccc(N2c3ccccc3-c3ccccc3N(c3cc(C(C)(C)C)ccn3)c3cc(Oc4cccc(-n5[c](=[Pt])n(-c6cc(C(C)(C)C)cc(C(C)(C)C)c6)c6ccccc65)c4)ccc3-c3ccccc32)c1. The number of anilines is 6. The Morgan fingerprint density at radius 2 is 0.805 bits per heavy atom. The quantitative estimate of drug-likeness (QED) is 0.166. The van der Waals surface area contributed by atoms with E-state index in [1.54, 1.807) is 0 Å². The first-order valence-electron chi connectivity index (χ1n) is 26.9. The maximum absolute atomic E-state index is 7.13. The molecule has 1 aliphatic rings. The molecule has 1 aliphatic heterocycles. The summed E-state index contributed by atoms with van der Waals surface area (Å²) in [7, 11) is 0. The molecule has 10 aromatic rings. The van der Waals surface area contributed by atoms with Gasteiger partial charge in [0, 0.05) is 17.4 Å². The van der Waals surface area contributed by atoms with Crippen LogP contribution in [0.15, 0.2) is 200 Å². The topological polar surface area (TPSA) is 38.5 Å². The van der Waals surface area contributed by atoms with Crippen molar-refractivity contribution in [2.75, 3.05) is 9.80 Å². The normalized spacial score (nSPS) is 13.0. The Morgan fingerprint density at radius 3 is 1.38 bits per heavy atom. The second kappa shape index (κ2) is 19.5. The number of fused-ring (bicyclic) bond motifs is 7. The summed E-state index contributed by atoms with van der Waals surface area (Å²) in [5, 5.41) is 0. The van der Waals surface area contributed by atoms with Crippen LogP contribution in [0.25, 0.3) is 44.7 Å². The Balaban J connectivity index is 1.11. The van der Waals surface area contributed by atoms with E-state index in [-0.39, 0.29) is 21.7 Å². The number of aromatic nitrogens is 3. The van der Waals surface area contributed by atoms with Crippen LogP contribution in [0.2, 0.25) is 0 Å². The Bertz CT molecular complexity index is 3910. The fourth-order valence-electron chi connectivity index (χ4n) is 10.6. The molecule has 0 amide bonds. The molecule has 6 nitrogen and oxygen atoms in total. The van der Waals surface area contributed by atoms with Gasteiger partial charge in [-0.15, -0.1) is 0 Å². The van der Waals surface area contributed by atoms with E-state index in [0.717, 1.165) is 88.5 Å².